The van der Waals surface area contributed by atoms with Gasteiger partial charge in [0.05, 0.1) is 27.4 Å². The Kier molecular flexibility index (Phi) is 6.23. The molecule has 1 fully saturated rings. The molecule has 1 aromatic heterocycles. The molecule has 6 nitrogen and oxygen atoms in total. The molecule has 0 aliphatic carbocycles. The van der Waals surface area contributed by atoms with Gasteiger partial charge in [0.15, 0.2) is 11.5 Å². The van der Waals surface area contributed by atoms with Gasteiger partial charge in [-0.2, -0.15) is 0 Å². The fraction of sp³-hybridized carbons (Fsp3) is 0.450. The molecule has 7 heteroatoms. The average Bonchev–Trinajstić information content (AvgIpc) is 3.21. The fourth-order valence-electron chi connectivity index (χ4n) is 3.75. The van der Waals surface area contributed by atoms with Gasteiger partial charge in [-0.1, -0.05) is 12.5 Å². The van der Waals surface area contributed by atoms with Gasteiger partial charge in [-0.15, -0.1) is 11.3 Å². The molecule has 3 rings (SSSR count). The van der Waals surface area contributed by atoms with Crippen molar-refractivity contribution in [3.05, 3.63) is 40.1 Å². The molecule has 1 N–H and O–H groups in total. The first-order valence-corrected chi connectivity index (χ1v) is 9.80. The second kappa shape index (κ2) is 8.63. The summed E-state index contributed by atoms with van der Waals surface area (Å²) in [7, 11) is 4.74. The normalized spacial score (nSPS) is 18.7. The number of carbonyl (C=O) groups is 1. The number of benzene rings is 1. The molecule has 0 bridgehead atoms. The lowest BCUT2D eigenvalue weighted by atomic mass is 9.95. The maximum Gasteiger partial charge on any atom is 0.320 e. The molecule has 27 heavy (non-hydrogen) atoms. The van der Waals surface area contributed by atoms with Crippen molar-refractivity contribution in [1.29, 1.82) is 0 Å². The number of rotatable bonds is 7. The summed E-state index contributed by atoms with van der Waals surface area (Å²) >= 11 is 1.62. The first kappa shape index (κ1) is 19.5. The number of hydrogen-bond donors (Lipinski definition) is 1. The van der Waals surface area contributed by atoms with E-state index in [1.165, 1.54) is 0 Å². The minimum Gasteiger partial charge on any atom is -0.493 e. The molecule has 2 atom stereocenters. The molecule has 0 saturated carbocycles. The van der Waals surface area contributed by atoms with E-state index < -0.39 is 12.0 Å². The number of thiophene rings is 1. The number of carboxylic acids is 1. The van der Waals surface area contributed by atoms with E-state index in [1.54, 1.807) is 32.7 Å². The highest BCUT2D eigenvalue weighted by atomic mass is 32.1. The Hall–Kier alpha value is -2.25. The van der Waals surface area contributed by atoms with E-state index in [0.29, 0.717) is 23.7 Å². The lowest BCUT2D eigenvalue weighted by Crippen LogP contribution is -2.46. The standard InChI is InChI=1S/C20H25NO5S/c1-24-15-11-13(12-16(25-2)19(15)26-3)18(17-8-6-10-27-17)21-9-5-4-7-14(21)20(22)23/h6,8,10-12,14,18H,4-5,7,9H2,1-3H3,(H,22,23). The van der Waals surface area contributed by atoms with Crippen LogP contribution >= 0.6 is 11.3 Å². The van der Waals surface area contributed by atoms with Crippen LogP contribution in [0.5, 0.6) is 17.2 Å². The van der Waals surface area contributed by atoms with Gasteiger partial charge in [-0.25, -0.2) is 0 Å². The van der Waals surface area contributed by atoms with Crippen molar-refractivity contribution in [3.63, 3.8) is 0 Å². The third-order valence-corrected chi connectivity index (χ3v) is 5.90. The summed E-state index contributed by atoms with van der Waals surface area (Å²) in [5.74, 6) is 0.889. The Morgan fingerprint density at radius 1 is 1.19 bits per heavy atom. The summed E-state index contributed by atoms with van der Waals surface area (Å²) in [6, 6.07) is 7.18. The number of carboxylic acid groups (broad SMARTS) is 1. The zero-order valence-corrected chi connectivity index (χ0v) is 16.6. The molecular formula is C20H25NO5S. The van der Waals surface area contributed by atoms with E-state index in [4.69, 9.17) is 14.2 Å². The van der Waals surface area contributed by atoms with Crippen LogP contribution in [0.25, 0.3) is 0 Å². The van der Waals surface area contributed by atoms with Gasteiger partial charge in [0.2, 0.25) is 5.75 Å². The smallest absolute Gasteiger partial charge is 0.320 e. The van der Waals surface area contributed by atoms with Crippen LogP contribution in [0.15, 0.2) is 29.6 Å². The number of hydrogen-bond acceptors (Lipinski definition) is 6. The maximum atomic E-state index is 11.9. The topological polar surface area (TPSA) is 68.2 Å². The summed E-state index contributed by atoms with van der Waals surface area (Å²) in [4.78, 5) is 15.1. The number of aliphatic carboxylic acids is 1. The quantitative estimate of drug-likeness (QED) is 0.774. The lowest BCUT2D eigenvalue weighted by Gasteiger charge is -2.39. The van der Waals surface area contributed by atoms with Gasteiger partial charge in [-0.05, 0) is 48.5 Å². The molecule has 0 spiro atoms. The van der Waals surface area contributed by atoms with Gasteiger partial charge in [0.1, 0.15) is 6.04 Å². The van der Waals surface area contributed by atoms with E-state index in [1.807, 2.05) is 29.6 Å². The van der Waals surface area contributed by atoms with E-state index in [9.17, 15) is 9.90 Å². The predicted molar refractivity (Wildman–Crippen MR) is 104 cm³/mol. The first-order chi connectivity index (χ1) is 13.1. The van der Waals surface area contributed by atoms with Gasteiger partial charge < -0.3 is 19.3 Å². The van der Waals surface area contributed by atoms with E-state index >= 15 is 0 Å². The Bertz CT molecular complexity index is 752. The van der Waals surface area contributed by atoms with Crippen LogP contribution in [-0.2, 0) is 4.79 Å². The molecule has 146 valence electrons. The lowest BCUT2D eigenvalue weighted by molar-refractivity contribution is -0.145. The van der Waals surface area contributed by atoms with Crippen LogP contribution in [0.3, 0.4) is 0 Å². The van der Waals surface area contributed by atoms with Crippen molar-refractivity contribution >= 4 is 17.3 Å². The number of nitrogens with zero attached hydrogens (tertiary/aromatic N) is 1. The van der Waals surface area contributed by atoms with Crippen LogP contribution in [0.2, 0.25) is 0 Å². The van der Waals surface area contributed by atoms with Crippen molar-refractivity contribution in [1.82, 2.24) is 4.90 Å². The fourth-order valence-corrected chi connectivity index (χ4v) is 4.63. The Balaban J connectivity index is 2.13. The van der Waals surface area contributed by atoms with Crippen LogP contribution in [-0.4, -0.2) is 49.9 Å². The van der Waals surface area contributed by atoms with Crippen LogP contribution in [0.4, 0.5) is 0 Å². The summed E-state index contributed by atoms with van der Waals surface area (Å²) in [6.07, 6.45) is 2.57. The number of methoxy groups -OCH3 is 3. The minimum absolute atomic E-state index is 0.180. The molecule has 0 radical (unpaired) electrons. The summed E-state index contributed by atoms with van der Waals surface area (Å²) in [5, 5.41) is 11.8. The Labute approximate surface area is 163 Å². The second-order valence-corrected chi connectivity index (χ2v) is 7.44. The highest BCUT2D eigenvalue weighted by Crippen LogP contribution is 2.44. The molecule has 0 amide bonds. The number of piperidine rings is 1. The van der Waals surface area contributed by atoms with Crippen molar-refractivity contribution in [2.75, 3.05) is 27.9 Å². The molecule has 1 aliphatic heterocycles. The Morgan fingerprint density at radius 2 is 1.89 bits per heavy atom. The maximum absolute atomic E-state index is 11.9. The molecule has 1 saturated heterocycles. The second-order valence-electron chi connectivity index (χ2n) is 6.46. The number of ether oxygens (including phenoxy) is 3. The molecule has 1 aliphatic rings. The summed E-state index contributed by atoms with van der Waals surface area (Å²) in [6.45, 7) is 0.732. The SMILES string of the molecule is COc1cc(C(c2cccs2)N2CCCCC2C(=O)O)cc(OC)c1OC. The van der Waals surface area contributed by atoms with Gasteiger partial charge in [0.25, 0.3) is 0 Å². The molecule has 2 unspecified atom stereocenters. The third kappa shape index (κ3) is 3.89. The minimum atomic E-state index is -0.774. The zero-order chi connectivity index (χ0) is 19.4. The molecule has 1 aromatic carbocycles. The highest BCUT2D eigenvalue weighted by Gasteiger charge is 2.36. The van der Waals surface area contributed by atoms with Gasteiger partial charge in [-0.3, -0.25) is 9.69 Å². The first-order valence-electron chi connectivity index (χ1n) is 8.92. The summed E-state index contributed by atoms with van der Waals surface area (Å²) in [5.41, 5.74) is 0.931. The largest absolute Gasteiger partial charge is 0.493 e. The van der Waals surface area contributed by atoms with Gasteiger partial charge >= 0.3 is 5.97 Å². The van der Waals surface area contributed by atoms with Crippen molar-refractivity contribution < 1.29 is 24.1 Å². The Morgan fingerprint density at radius 3 is 2.41 bits per heavy atom. The monoisotopic (exact) mass is 391 g/mol. The van der Waals surface area contributed by atoms with Crippen molar-refractivity contribution in [3.8, 4) is 17.2 Å². The molecule has 2 aromatic rings. The zero-order valence-electron chi connectivity index (χ0n) is 15.8. The van der Waals surface area contributed by atoms with Crippen molar-refractivity contribution in [2.45, 2.75) is 31.3 Å². The summed E-state index contributed by atoms with van der Waals surface area (Å²) < 4.78 is 16.5. The van der Waals surface area contributed by atoms with Crippen LogP contribution in [0.1, 0.15) is 35.7 Å². The van der Waals surface area contributed by atoms with E-state index in [2.05, 4.69) is 4.90 Å². The van der Waals surface area contributed by atoms with Gasteiger partial charge in [0, 0.05) is 4.88 Å². The van der Waals surface area contributed by atoms with E-state index in [0.717, 1.165) is 29.8 Å². The average molecular weight is 391 g/mol. The predicted octanol–water partition coefficient (Wildman–Crippen LogP) is 3.80. The highest BCUT2D eigenvalue weighted by molar-refractivity contribution is 7.10. The molecule has 2 heterocycles. The van der Waals surface area contributed by atoms with Crippen LogP contribution in [0, 0.1) is 0 Å². The van der Waals surface area contributed by atoms with Crippen molar-refractivity contribution in [2.24, 2.45) is 0 Å². The van der Waals surface area contributed by atoms with E-state index in [-0.39, 0.29) is 6.04 Å². The van der Waals surface area contributed by atoms with Crippen LogP contribution < -0.4 is 14.2 Å². The third-order valence-electron chi connectivity index (χ3n) is 4.98. The number of likely N-dealkylation sites (tertiary alicyclic amines) is 1. The molecular weight excluding hydrogens is 366 g/mol.